The van der Waals surface area contributed by atoms with Gasteiger partial charge in [-0.05, 0) is 37.3 Å². The van der Waals surface area contributed by atoms with Gasteiger partial charge in [0.25, 0.3) is 5.91 Å². The third-order valence-electron chi connectivity index (χ3n) is 3.34. The number of rotatable bonds is 8. The van der Waals surface area contributed by atoms with Crippen LogP contribution in [0.5, 0.6) is 5.75 Å². The molecule has 0 radical (unpaired) electrons. The molecule has 0 aliphatic carbocycles. The molecule has 0 aliphatic rings. The lowest BCUT2D eigenvalue weighted by Crippen LogP contribution is -2.13. The van der Waals surface area contributed by atoms with Gasteiger partial charge in [-0.3, -0.25) is 4.79 Å². The van der Waals surface area contributed by atoms with E-state index in [9.17, 15) is 9.59 Å². The van der Waals surface area contributed by atoms with Gasteiger partial charge in [0, 0.05) is 23.9 Å². The summed E-state index contributed by atoms with van der Waals surface area (Å²) in [6.45, 7) is 3.51. The number of methoxy groups -OCH3 is 1. The molecule has 0 saturated heterocycles. The van der Waals surface area contributed by atoms with E-state index in [1.165, 1.54) is 13.2 Å². The van der Waals surface area contributed by atoms with E-state index in [0.717, 1.165) is 0 Å². The van der Waals surface area contributed by atoms with Crippen molar-refractivity contribution < 1.29 is 23.8 Å². The van der Waals surface area contributed by atoms with Gasteiger partial charge in [0.1, 0.15) is 12.4 Å². The van der Waals surface area contributed by atoms with Gasteiger partial charge < -0.3 is 19.5 Å². The lowest BCUT2D eigenvalue weighted by Gasteiger charge is -2.10. The Bertz CT molecular complexity index is 729. The molecular weight excluding hydrogens is 322 g/mol. The maximum atomic E-state index is 12.4. The number of ether oxygens (including phenoxy) is 3. The highest BCUT2D eigenvalue weighted by atomic mass is 16.5. The summed E-state index contributed by atoms with van der Waals surface area (Å²) in [5.74, 6) is -0.169. The number of carbonyl (C=O) groups excluding carboxylic acids is 2. The largest absolute Gasteiger partial charge is 0.491 e. The van der Waals surface area contributed by atoms with E-state index in [0.29, 0.717) is 42.4 Å². The molecule has 2 aromatic carbocycles. The van der Waals surface area contributed by atoms with E-state index in [4.69, 9.17) is 9.47 Å². The van der Waals surface area contributed by atoms with Crippen LogP contribution in [0.25, 0.3) is 0 Å². The van der Waals surface area contributed by atoms with E-state index < -0.39 is 5.97 Å². The van der Waals surface area contributed by atoms with Crippen molar-refractivity contribution in [3.8, 4) is 5.75 Å². The van der Waals surface area contributed by atoms with Crippen molar-refractivity contribution in [3.63, 3.8) is 0 Å². The molecule has 1 N–H and O–H groups in total. The number of amides is 1. The molecule has 0 aromatic heterocycles. The Hall–Kier alpha value is -2.86. The van der Waals surface area contributed by atoms with E-state index >= 15 is 0 Å². The molecule has 0 spiro atoms. The Labute approximate surface area is 146 Å². The first kappa shape index (κ1) is 18.5. The SMILES string of the molecule is CCOCCOc1cccc(NC(=O)c2cccc(C(=O)OC)c2)c1. The molecule has 0 bridgehead atoms. The minimum absolute atomic E-state index is 0.322. The number of esters is 1. The summed E-state index contributed by atoms with van der Waals surface area (Å²) in [6.07, 6.45) is 0. The van der Waals surface area contributed by atoms with Crippen molar-refractivity contribution in [1.82, 2.24) is 0 Å². The molecule has 0 atom stereocenters. The second kappa shape index (κ2) is 9.44. The molecule has 2 aromatic rings. The molecular formula is C19H21NO5. The van der Waals surface area contributed by atoms with Crippen LogP contribution in [0.3, 0.4) is 0 Å². The molecule has 132 valence electrons. The van der Waals surface area contributed by atoms with E-state index in [1.54, 1.807) is 42.5 Å². The van der Waals surface area contributed by atoms with Crippen LogP contribution in [0, 0.1) is 0 Å². The molecule has 6 heteroatoms. The number of nitrogens with one attached hydrogen (secondary N) is 1. The number of hydrogen-bond acceptors (Lipinski definition) is 5. The summed E-state index contributed by atoms with van der Waals surface area (Å²) in [5, 5.41) is 2.78. The van der Waals surface area contributed by atoms with Gasteiger partial charge in [-0.15, -0.1) is 0 Å². The maximum Gasteiger partial charge on any atom is 0.337 e. The molecule has 0 saturated carbocycles. The third kappa shape index (κ3) is 5.61. The molecule has 6 nitrogen and oxygen atoms in total. The fourth-order valence-corrected chi connectivity index (χ4v) is 2.13. The topological polar surface area (TPSA) is 73.9 Å². The van der Waals surface area contributed by atoms with Crippen LogP contribution in [0.2, 0.25) is 0 Å². The highest BCUT2D eigenvalue weighted by Gasteiger charge is 2.11. The van der Waals surface area contributed by atoms with Crippen molar-refractivity contribution in [3.05, 3.63) is 59.7 Å². The van der Waals surface area contributed by atoms with E-state index in [2.05, 4.69) is 10.1 Å². The molecule has 2 rings (SSSR count). The zero-order valence-corrected chi connectivity index (χ0v) is 14.3. The first-order valence-electron chi connectivity index (χ1n) is 7.94. The van der Waals surface area contributed by atoms with Gasteiger partial charge in [-0.1, -0.05) is 12.1 Å². The fourth-order valence-electron chi connectivity index (χ4n) is 2.13. The van der Waals surface area contributed by atoms with Crippen LogP contribution in [0.15, 0.2) is 48.5 Å². The maximum absolute atomic E-state index is 12.4. The second-order valence-electron chi connectivity index (χ2n) is 5.10. The highest BCUT2D eigenvalue weighted by molar-refractivity contribution is 6.05. The van der Waals surface area contributed by atoms with Crippen molar-refractivity contribution in [2.75, 3.05) is 32.2 Å². The molecule has 0 fully saturated rings. The van der Waals surface area contributed by atoms with Gasteiger partial charge >= 0.3 is 5.97 Å². The summed E-state index contributed by atoms with van der Waals surface area (Å²) >= 11 is 0. The van der Waals surface area contributed by atoms with Crippen molar-refractivity contribution in [2.45, 2.75) is 6.92 Å². The summed E-state index contributed by atoms with van der Waals surface area (Å²) in [5.41, 5.74) is 1.29. The van der Waals surface area contributed by atoms with Gasteiger partial charge in [-0.2, -0.15) is 0 Å². The van der Waals surface area contributed by atoms with Crippen molar-refractivity contribution in [1.29, 1.82) is 0 Å². The van der Waals surface area contributed by atoms with E-state index in [1.807, 2.05) is 6.92 Å². The Morgan fingerprint density at radius 3 is 2.52 bits per heavy atom. The molecule has 0 aliphatic heterocycles. The minimum atomic E-state index is -0.487. The summed E-state index contributed by atoms with van der Waals surface area (Å²) in [4.78, 5) is 23.9. The first-order valence-corrected chi connectivity index (χ1v) is 7.94. The van der Waals surface area contributed by atoms with E-state index in [-0.39, 0.29) is 5.91 Å². The summed E-state index contributed by atoms with van der Waals surface area (Å²) < 4.78 is 15.4. The number of anilines is 1. The average Bonchev–Trinajstić information content (AvgIpc) is 2.65. The lowest BCUT2D eigenvalue weighted by molar-refractivity contribution is 0.0600. The highest BCUT2D eigenvalue weighted by Crippen LogP contribution is 2.18. The smallest absolute Gasteiger partial charge is 0.337 e. The minimum Gasteiger partial charge on any atom is -0.491 e. The van der Waals surface area contributed by atoms with Gasteiger partial charge in [0.15, 0.2) is 0 Å². The quantitative estimate of drug-likeness (QED) is 0.589. The van der Waals surface area contributed by atoms with Crippen molar-refractivity contribution in [2.24, 2.45) is 0 Å². The van der Waals surface area contributed by atoms with Crippen LogP contribution in [-0.4, -0.2) is 38.8 Å². The van der Waals surface area contributed by atoms with Crippen LogP contribution in [0.1, 0.15) is 27.6 Å². The normalized spacial score (nSPS) is 10.2. The summed E-state index contributed by atoms with van der Waals surface area (Å²) in [6, 6.07) is 13.4. The van der Waals surface area contributed by atoms with Crippen LogP contribution < -0.4 is 10.1 Å². The Morgan fingerprint density at radius 2 is 1.76 bits per heavy atom. The van der Waals surface area contributed by atoms with Gasteiger partial charge in [0.2, 0.25) is 0 Å². The fraction of sp³-hybridized carbons (Fsp3) is 0.263. The lowest BCUT2D eigenvalue weighted by atomic mass is 10.1. The van der Waals surface area contributed by atoms with Crippen LogP contribution in [0.4, 0.5) is 5.69 Å². The molecule has 0 unspecified atom stereocenters. The Morgan fingerprint density at radius 1 is 1.00 bits per heavy atom. The predicted octanol–water partition coefficient (Wildman–Crippen LogP) is 3.14. The Balaban J connectivity index is 2.02. The van der Waals surface area contributed by atoms with Crippen molar-refractivity contribution >= 4 is 17.6 Å². The average molecular weight is 343 g/mol. The standard InChI is InChI=1S/C19H21NO5/c1-3-24-10-11-25-17-9-5-8-16(13-17)20-18(21)14-6-4-7-15(12-14)19(22)23-2/h4-9,12-13H,3,10-11H2,1-2H3,(H,20,21). The number of benzene rings is 2. The van der Waals surface area contributed by atoms with Crippen LogP contribution >= 0.6 is 0 Å². The van der Waals surface area contributed by atoms with Gasteiger partial charge in [0.05, 0.1) is 19.3 Å². The zero-order chi connectivity index (χ0) is 18.1. The molecule has 25 heavy (non-hydrogen) atoms. The number of hydrogen-bond donors (Lipinski definition) is 1. The monoisotopic (exact) mass is 343 g/mol. The molecule has 0 heterocycles. The number of carbonyl (C=O) groups is 2. The third-order valence-corrected chi connectivity index (χ3v) is 3.34. The second-order valence-corrected chi connectivity index (χ2v) is 5.10. The summed E-state index contributed by atoms with van der Waals surface area (Å²) in [7, 11) is 1.30. The zero-order valence-electron chi connectivity index (χ0n) is 14.3. The Kier molecular flexibility index (Phi) is 6.98. The first-order chi connectivity index (χ1) is 12.1. The molecule has 1 amide bonds. The van der Waals surface area contributed by atoms with Crippen LogP contribution in [-0.2, 0) is 9.47 Å². The van der Waals surface area contributed by atoms with Gasteiger partial charge in [-0.25, -0.2) is 4.79 Å². The predicted molar refractivity (Wildman–Crippen MR) is 94.2 cm³/mol.